The number of carbonyl (C=O) groups is 2. The van der Waals surface area contributed by atoms with Gasteiger partial charge in [-0.1, -0.05) is 42.4 Å². The van der Waals surface area contributed by atoms with Crippen LogP contribution in [0.3, 0.4) is 0 Å². The van der Waals surface area contributed by atoms with E-state index in [1.54, 1.807) is 6.07 Å². The van der Waals surface area contributed by atoms with E-state index in [2.05, 4.69) is 43.0 Å². The van der Waals surface area contributed by atoms with Gasteiger partial charge in [-0.2, -0.15) is 0 Å². The molecule has 9 heteroatoms. The number of halogens is 2. The van der Waals surface area contributed by atoms with Crippen LogP contribution < -0.4 is 10.6 Å². The van der Waals surface area contributed by atoms with Crippen LogP contribution in [0.4, 0.5) is 5.69 Å². The maximum atomic E-state index is 12.2. The minimum absolute atomic E-state index is 0.0955. The lowest BCUT2D eigenvalue weighted by molar-refractivity contribution is -0.122. The number of nitrogens with zero attached hydrogens (tertiary/aromatic N) is 2. The molecule has 0 aliphatic rings. The Labute approximate surface area is 186 Å². The van der Waals surface area contributed by atoms with Crippen LogP contribution in [-0.4, -0.2) is 33.7 Å². The third-order valence-electron chi connectivity index (χ3n) is 4.05. The third kappa shape index (κ3) is 5.74. The van der Waals surface area contributed by atoms with Gasteiger partial charge in [0.1, 0.15) is 0 Å². The van der Waals surface area contributed by atoms with Crippen molar-refractivity contribution in [2.45, 2.75) is 25.0 Å². The number of thioether (sulfide) groups is 1. The van der Waals surface area contributed by atoms with E-state index in [9.17, 15) is 9.59 Å². The molecule has 0 spiro atoms. The molecule has 1 aromatic heterocycles. The number of hydrogen-bond acceptors (Lipinski definition) is 4. The summed E-state index contributed by atoms with van der Waals surface area (Å²) in [4.78, 5) is 28.9. The topological polar surface area (TPSA) is 76.0 Å². The second kappa shape index (κ2) is 10.1. The lowest BCUT2D eigenvalue weighted by Gasteiger charge is -2.09. The smallest absolute Gasteiger partial charge is 0.243 e. The second-order valence-corrected chi connectivity index (χ2v) is 8.51. The average Bonchev–Trinajstić information content (AvgIpc) is 3.03. The lowest BCUT2D eigenvalue weighted by atomic mass is 10.3. The molecule has 0 bridgehead atoms. The normalized spacial score (nSPS) is 10.9. The highest BCUT2D eigenvalue weighted by Crippen LogP contribution is 2.26. The number of amides is 2. The summed E-state index contributed by atoms with van der Waals surface area (Å²) >= 11 is 10.8. The Hall–Kier alpha value is -2.03. The first-order valence-corrected chi connectivity index (χ1v) is 11.2. The summed E-state index contributed by atoms with van der Waals surface area (Å²) < 4.78 is 2.87. The Kier molecular flexibility index (Phi) is 7.57. The summed E-state index contributed by atoms with van der Waals surface area (Å²) in [6.07, 6.45) is 0.947. The monoisotopic (exact) mass is 494 g/mol. The van der Waals surface area contributed by atoms with Crippen molar-refractivity contribution in [1.82, 2.24) is 14.9 Å². The van der Waals surface area contributed by atoms with Crippen LogP contribution in [0.1, 0.15) is 13.3 Å². The zero-order valence-electron chi connectivity index (χ0n) is 15.7. The van der Waals surface area contributed by atoms with Crippen molar-refractivity contribution in [1.29, 1.82) is 0 Å². The van der Waals surface area contributed by atoms with E-state index in [4.69, 9.17) is 11.6 Å². The predicted molar refractivity (Wildman–Crippen MR) is 122 cm³/mol. The molecule has 2 aromatic carbocycles. The largest absolute Gasteiger partial charge is 0.346 e. The van der Waals surface area contributed by atoms with Crippen LogP contribution in [0.15, 0.2) is 52.1 Å². The summed E-state index contributed by atoms with van der Waals surface area (Å²) in [5.41, 5.74) is 2.46. The first-order valence-electron chi connectivity index (χ1n) is 9.07. The highest BCUT2D eigenvalue weighted by molar-refractivity contribution is 9.10. The molecule has 0 saturated carbocycles. The number of imidazole rings is 1. The van der Waals surface area contributed by atoms with Crippen molar-refractivity contribution >= 4 is 67.8 Å². The van der Waals surface area contributed by atoms with Crippen LogP contribution in [0.5, 0.6) is 0 Å². The van der Waals surface area contributed by atoms with Gasteiger partial charge in [0, 0.05) is 16.0 Å². The van der Waals surface area contributed by atoms with Gasteiger partial charge in [-0.05, 0) is 52.7 Å². The third-order valence-corrected chi connectivity index (χ3v) is 5.95. The van der Waals surface area contributed by atoms with Crippen LogP contribution in [-0.2, 0) is 16.1 Å². The maximum absolute atomic E-state index is 12.2. The van der Waals surface area contributed by atoms with Gasteiger partial charge in [-0.15, -0.1) is 0 Å². The zero-order valence-corrected chi connectivity index (χ0v) is 18.9. The fraction of sp³-hybridized carbons (Fsp3) is 0.250. The molecular formula is C20H20BrClN4O2S. The Morgan fingerprint density at radius 3 is 2.76 bits per heavy atom. The fourth-order valence-corrected chi connectivity index (χ4v) is 4.17. The van der Waals surface area contributed by atoms with Crippen molar-refractivity contribution in [2.75, 3.05) is 17.6 Å². The number of aryl methyl sites for hydroxylation is 1. The van der Waals surface area contributed by atoms with Gasteiger partial charge in [0.05, 0.1) is 29.0 Å². The van der Waals surface area contributed by atoms with Gasteiger partial charge >= 0.3 is 0 Å². The molecule has 1 heterocycles. The number of fused-ring (bicyclic) bond motifs is 1. The standard InChI is InChI=1S/C20H20BrClN4O2S/c1-2-9-26-17-8-7-13(22)10-16(17)25-20(26)29-12-19(28)23-11-18(27)24-15-6-4-3-5-14(15)21/h3-8,10H,2,9,11-12H2,1H3,(H,23,28)(H,24,27). The van der Waals surface area contributed by atoms with Gasteiger partial charge in [-0.25, -0.2) is 4.98 Å². The van der Waals surface area contributed by atoms with Gasteiger partial charge in [0.25, 0.3) is 0 Å². The Morgan fingerprint density at radius 1 is 1.21 bits per heavy atom. The lowest BCUT2D eigenvalue weighted by Crippen LogP contribution is -2.34. The molecule has 3 aromatic rings. The SMILES string of the molecule is CCCn1c(SCC(=O)NCC(=O)Nc2ccccc2Br)nc2cc(Cl)ccc21. The van der Waals surface area contributed by atoms with E-state index in [0.29, 0.717) is 10.7 Å². The van der Waals surface area contributed by atoms with Crippen molar-refractivity contribution in [3.8, 4) is 0 Å². The van der Waals surface area contributed by atoms with E-state index >= 15 is 0 Å². The highest BCUT2D eigenvalue weighted by Gasteiger charge is 2.14. The molecule has 0 aliphatic heterocycles. The molecule has 0 radical (unpaired) electrons. The van der Waals surface area contributed by atoms with Gasteiger partial charge in [0.15, 0.2) is 5.16 Å². The number of benzene rings is 2. The fourth-order valence-electron chi connectivity index (χ4n) is 2.75. The number of aromatic nitrogens is 2. The van der Waals surface area contributed by atoms with Crippen LogP contribution in [0.25, 0.3) is 11.0 Å². The molecule has 29 heavy (non-hydrogen) atoms. The Balaban J connectivity index is 1.56. The number of anilines is 1. The zero-order chi connectivity index (χ0) is 20.8. The number of hydrogen-bond donors (Lipinski definition) is 2. The van der Waals surface area contributed by atoms with E-state index < -0.39 is 0 Å². The predicted octanol–water partition coefficient (Wildman–Crippen LogP) is 4.71. The van der Waals surface area contributed by atoms with E-state index in [1.165, 1.54) is 11.8 Å². The van der Waals surface area contributed by atoms with E-state index in [-0.39, 0.29) is 24.1 Å². The van der Waals surface area contributed by atoms with E-state index in [1.807, 2.05) is 36.4 Å². The van der Waals surface area contributed by atoms with E-state index in [0.717, 1.165) is 33.6 Å². The highest BCUT2D eigenvalue weighted by atomic mass is 79.9. The summed E-state index contributed by atoms with van der Waals surface area (Å²) in [7, 11) is 0. The first-order chi connectivity index (χ1) is 14.0. The molecule has 3 rings (SSSR count). The van der Waals surface area contributed by atoms with Gasteiger partial charge in [-0.3, -0.25) is 9.59 Å². The van der Waals surface area contributed by atoms with Crippen molar-refractivity contribution in [3.05, 3.63) is 52.0 Å². The molecule has 0 saturated heterocycles. The van der Waals surface area contributed by atoms with Gasteiger partial charge < -0.3 is 15.2 Å². The minimum Gasteiger partial charge on any atom is -0.346 e. The first kappa shape index (κ1) is 21.7. The Bertz CT molecular complexity index is 1040. The molecule has 6 nitrogen and oxygen atoms in total. The quantitative estimate of drug-likeness (QED) is 0.444. The molecule has 0 aliphatic carbocycles. The summed E-state index contributed by atoms with van der Waals surface area (Å²) in [6, 6.07) is 12.9. The van der Waals surface area contributed by atoms with Crippen LogP contribution >= 0.6 is 39.3 Å². The molecule has 0 fully saturated rings. The molecule has 152 valence electrons. The minimum atomic E-state index is -0.289. The molecule has 2 N–H and O–H groups in total. The molecule has 0 unspecified atom stereocenters. The maximum Gasteiger partial charge on any atom is 0.243 e. The number of nitrogens with one attached hydrogen (secondary N) is 2. The number of para-hydroxylation sites is 1. The van der Waals surface area contributed by atoms with Crippen LogP contribution in [0.2, 0.25) is 5.02 Å². The van der Waals surface area contributed by atoms with Crippen molar-refractivity contribution in [2.24, 2.45) is 0 Å². The summed E-state index contributed by atoms with van der Waals surface area (Å²) in [5.74, 6) is -0.350. The molecule has 2 amide bonds. The summed E-state index contributed by atoms with van der Waals surface area (Å²) in [6.45, 7) is 2.80. The Morgan fingerprint density at radius 2 is 2.00 bits per heavy atom. The van der Waals surface area contributed by atoms with Crippen molar-refractivity contribution in [3.63, 3.8) is 0 Å². The number of rotatable bonds is 8. The van der Waals surface area contributed by atoms with Crippen LogP contribution in [0, 0.1) is 0 Å². The van der Waals surface area contributed by atoms with Gasteiger partial charge in [0.2, 0.25) is 11.8 Å². The summed E-state index contributed by atoms with van der Waals surface area (Å²) in [5, 5.41) is 6.78. The molecule has 0 atom stereocenters. The second-order valence-electron chi connectivity index (χ2n) is 6.27. The average molecular weight is 496 g/mol. The number of carbonyl (C=O) groups excluding carboxylic acids is 2. The molecular weight excluding hydrogens is 476 g/mol. The van der Waals surface area contributed by atoms with Crippen molar-refractivity contribution < 1.29 is 9.59 Å².